The van der Waals surface area contributed by atoms with Gasteiger partial charge in [0.15, 0.2) is 6.04 Å². The number of unbranched alkanes of at least 4 members (excludes halogenated alkanes) is 7. The summed E-state index contributed by atoms with van der Waals surface area (Å²) in [5.74, 6) is 0.186. The molecule has 1 saturated heterocycles. The van der Waals surface area contributed by atoms with Crippen LogP contribution in [0.4, 0.5) is 13.2 Å². The molecule has 1 aliphatic rings. The van der Waals surface area contributed by atoms with E-state index in [1.54, 1.807) is 44.2 Å². The van der Waals surface area contributed by atoms with Crippen LogP contribution in [0, 0.1) is 5.41 Å². The number of hydrogen-bond acceptors (Lipinski definition) is 3. The first kappa shape index (κ1) is 26.3. The van der Waals surface area contributed by atoms with Crippen LogP contribution in [-0.2, 0) is 4.79 Å². The van der Waals surface area contributed by atoms with Crippen LogP contribution in [-0.4, -0.2) is 30.2 Å². The molecule has 1 fully saturated rings. The fourth-order valence-electron chi connectivity index (χ4n) is 4.57. The molecule has 0 saturated carbocycles. The summed E-state index contributed by atoms with van der Waals surface area (Å²) in [7, 11) is 0. The molecule has 1 N–H and O–H groups in total. The van der Waals surface area contributed by atoms with E-state index < -0.39 is 23.5 Å². The third-order valence-electron chi connectivity index (χ3n) is 6.52. The highest BCUT2D eigenvalue weighted by Gasteiger charge is 2.51. The van der Waals surface area contributed by atoms with Crippen molar-refractivity contribution in [2.75, 3.05) is 13.2 Å². The normalized spacial score (nSPS) is 17.2. The van der Waals surface area contributed by atoms with Crippen molar-refractivity contribution in [3.63, 3.8) is 0 Å². The van der Waals surface area contributed by atoms with Gasteiger partial charge < -0.3 is 4.74 Å². The number of amides is 1. The summed E-state index contributed by atoms with van der Waals surface area (Å²) in [6.45, 7) is 6.02. The van der Waals surface area contributed by atoms with Gasteiger partial charge >= 0.3 is 6.18 Å². The molecular formula is C27H37F3N2O2. The van der Waals surface area contributed by atoms with Crippen LogP contribution in [0.15, 0.2) is 36.4 Å². The lowest BCUT2D eigenvalue weighted by molar-refractivity contribution is -0.191. The van der Waals surface area contributed by atoms with Gasteiger partial charge in [-0.05, 0) is 37.3 Å². The minimum absolute atomic E-state index is 0.0268. The zero-order valence-corrected chi connectivity index (χ0v) is 20.5. The Morgan fingerprint density at radius 3 is 2.18 bits per heavy atom. The van der Waals surface area contributed by atoms with Gasteiger partial charge in [-0.25, -0.2) is 5.01 Å². The van der Waals surface area contributed by atoms with Crippen LogP contribution < -0.4 is 10.2 Å². The Labute approximate surface area is 200 Å². The summed E-state index contributed by atoms with van der Waals surface area (Å²) in [6.07, 6.45) is 4.97. The number of carbonyl (C=O) groups excluding carboxylic acids is 1. The van der Waals surface area contributed by atoms with Crippen molar-refractivity contribution in [1.82, 2.24) is 10.4 Å². The van der Waals surface area contributed by atoms with E-state index in [0.29, 0.717) is 23.1 Å². The number of benzene rings is 2. The van der Waals surface area contributed by atoms with E-state index >= 15 is 0 Å². The largest absolute Gasteiger partial charge is 0.493 e. The maximum absolute atomic E-state index is 14.3. The number of fused-ring (bicyclic) bond motifs is 1. The predicted octanol–water partition coefficient (Wildman–Crippen LogP) is 7.34. The lowest BCUT2D eigenvalue weighted by atomic mass is 9.93. The minimum atomic E-state index is -4.56. The van der Waals surface area contributed by atoms with E-state index in [4.69, 9.17) is 4.74 Å². The van der Waals surface area contributed by atoms with Crippen molar-refractivity contribution in [1.29, 1.82) is 0 Å². The van der Waals surface area contributed by atoms with Gasteiger partial charge in [-0.3, -0.25) is 10.2 Å². The molecule has 4 nitrogen and oxygen atoms in total. The Bertz CT molecular complexity index is 959. The standard InChI is InChI=1S/C27H37F3N2O2/c1-4-5-6-7-8-9-10-13-18-34-23-17-16-22(20-14-11-12-15-21(20)23)24(27(28,29)30)32-19-26(2,3)25(33)31-32/h11-12,14-17,24H,4-10,13,18-19H2,1-3H3,(H,31,33). The SMILES string of the molecule is CCCCCCCCCCOc1ccc(C(N2CC(C)(C)C(=O)N2)C(F)(F)F)c2ccccc12. The van der Waals surface area contributed by atoms with Crippen LogP contribution in [0.1, 0.15) is 83.7 Å². The molecule has 2 aromatic carbocycles. The number of hydrogen-bond donors (Lipinski definition) is 1. The summed E-state index contributed by atoms with van der Waals surface area (Å²) >= 11 is 0. The lowest BCUT2D eigenvalue weighted by Gasteiger charge is -2.31. The summed E-state index contributed by atoms with van der Waals surface area (Å²) in [4.78, 5) is 12.2. The topological polar surface area (TPSA) is 41.6 Å². The quantitative estimate of drug-likeness (QED) is 0.325. The summed E-state index contributed by atoms with van der Waals surface area (Å²) < 4.78 is 48.8. The molecule has 0 bridgehead atoms. The van der Waals surface area contributed by atoms with Crippen molar-refractivity contribution in [2.24, 2.45) is 5.41 Å². The highest BCUT2D eigenvalue weighted by molar-refractivity contribution is 5.91. The number of halogens is 3. The lowest BCUT2D eigenvalue weighted by Crippen LogP contribution is -2.43. The van der Waals surface area contributed by atoms with Crippen molar-refractivity contribution < 1.29 is 22.7 Å². The molecule has 188 valence electrons. The highest BCUT2D eigenvalue weighted by atomic mass is 19.4. The molecule has 3 rings (SSSR count). The van der Waals surface area contributed by atoms with Crippen molar-refractivity contribution >= 4 is 16.7 Å². The van der Waals surface area contributed by atoms with E-state index in [0.717, 1.165) is 17.9 Å². The Balaban J connectivity index is 1.73. The summed E-state index contributed by atoms with van der Waals surface area (Å²) in [5.41, 5.74) is 1.66. The maximum atomic E-state index is 14.3. The second kappa shape index (κ2) is 11.4. The van der Waals surface area contributed by atoms with Gasteiger partial charge in [-0.1, -0.05) is 82.2 Å². The maximum Gasteiger partial charge on any atom is 0.409 e. The Kier molecular flexibility index (Phi) is 8.85. The number of rotatable bonds is 12. The second-order valence-corrected chi connectivity index (χ2v) is 9.92. The number of alkyl halides is 3. The number of ether oxygens (including phenoxy) is 1. The van der Waals surface area contributed by atoms with E-state index in [2.05, 4.69) is 12.3 Å². The van der Waals surface area contributed by atoms with Gasteiger partial charge in [0, 0.05) is 11.9 Å². The van der Waals surface area contributed by atoms with Crippen LogP contribution in [0.2, 0.25) is 0 Å². The Hall–Kier alpha value is -2.28. The van der Waals surface area contributed by atoms with E-state index in [9.17, 15) is 18.0 Å². The van der Waals surface area contributed by atoms with Crippen molar-refractivity contribution in [3.05, 3.63) is 42.0 Å². The van der Waals surface area contributed by atoms with Gasteiger partial charge in [0.05, 0.1) is 12.0 Å². The molecule has 1 atom stereocenters. The monoisotopic (exact) mass is 478 g/mol. The molecule has 0 aliphatic carbocycles. The third-order valence-corrected chi connectivity index (χ3v) is 6.52. The van der Waals surface area contributed by atoms with E-state index in [1.807, 2.05) is 0 Å². The highest BCUT2D eigenvalue weighted by Crippen LogP contribution is 2.44. The summed E-state index contributed by atoms with van der Waals surface area (Å²) in [5, 5.41) is 2.15. The fourth-order valence-corrected chi connectivity index (χ4v) is 4.57. The van der Waals surface area contributed by atoms with Gasteiger partial charge in [-0.15, -0.1) is 0 Å². The molecule has 0 spiro atoms. The molecule has 1 heterocycles. The second-order valence-electron chi connectivity index (χ2n) is 9.92. The molecule has 34 heavy (non-hydrogen) atoms. The Morgan fingerprint density at radius 1 is 0.971 bits per heavy atom. The molecule has 1 amide bonds. The first-order valence-corrected chi connectivity index (χ1v) is 12.4. The van der Waals surface area contributed by atoms with Crippen LogP contribution in [0.25, 0.3) is 10.8 Å². The molecule has 0 radical (unpaired) electrons. The number of nitrogens with one attached hydrogen (secondary N) is 1. The summed E-state index contributed by atoms with van der Waals surface area (Å²) in [6, 6.07) is 8.19. The van der Waals surface area contributed by atoms with Crippen molar-refractivity contribution in [2.45, 2.75) is 84.4 Å². The van der Waals surface area contributed by atoms with Crippen molar-refractivity contribution in [3.8, 4) is 5.75 Å². The van der Waals surface area contributed by atoms with Gasteiger partial charge in [0.25, 0.3) is 0 Å². The predicted molar refractivity (Wildman–Crippen MR) is 129 cm³/mol. The van der Waals surface area contributed by atoms with Gasteiger partial charge in [0.2, 0.25) is 5.91 Å². The minimum Gasteiger partial charge on any atom is -0.493 e. The van der Waals surface area contributed by atoms with Gasteiger partial charge in [-0.2, -0.15) is 13.2 Å². The molecule has 1 aliphatic heterocycles. The molecule has 2 aromatic rings. The zero-order valence-electron chi connectivity index (χ0n) is 20.5. The van der Waals surface area contributed by atoms with Crippen LogP contribution in [0.5, 0.6) is 5.75 Å². The average Bonchev–Trinajstić information content (AvgIpc) is 3.04. The Morgan fingerprint density at radius 2 is 1.59 bits per heavy atom. The number of carbonyl (C=O) groups is 1. The molecule has 0 aromatic heterocycles. The number of hydrazine groups is 1. The van der Waals surface area contributed by atoms with Crippen LogP contribution >= 0.6 is 0 Å². The van der Waals surface area contributed by atoms with Gasteiger partial charge in [0.1, 0.15) is 5.75 Å². The molecule has 1 unspecified atom stereocenters. The zero-order chi connectivity index (χ0) is 24.8. The average molecular weight is 479 g/mol. The fraction of sp³-hybridized carbons (Fsp3) is 0.593. The van der Waals surface area contributed by atoms with Crippen LogP contribution in [0.3, 0.4) is 0 Å². The first-order valence-electron chi connectivity index (χ1n) is 12.4. The number of nitrogens with zero attached hydrogens (tertiary/aromatic N) is 1. The molecular weight excluding hydrogens is 441 g/mol. The molecule has 7 heteroatoms. The van der Waals surface area contributed by atoms with E-state index in [1.165, 1.54) is 44.6 Å². The first-order chi connectivity index (χ1) is 16.1. The van der Waals surface area contributed by atoms with E-state index in [-0.39, 0.29) is 12.1 Å². The third kappa shape index (κ3) is 6.44. The smallest absolute Gasteiger partial charge is 0.409 e.